The number of fused-ring (bicyclic) bond motifs is 3. The van der Waals surface area contributed by atoms with Crippen molar-refractivity contribution in [3.63, 3.8) is 0 Å². The fourth-order valence-electron chi connectivity index (χ4n) is 2.99. The Kier molecular flexibility index (Phi) is 12.4. The van der Waals surface area contributed by atoms with E-state index in [1.165, 1.54) is 47.1 Å². The van der Waals surface area contributed by atoms with Gasteiger partial charge in [0.25, 0.3) is 0 Å². The second-order valence-electron chi connectivity index (χ2n) is 5.81. The fraction of sp³-hybridized carbons (Fsp3) is 0.273. The van der Waals surface area contributed by atoms with Crippen molar-refractivity contribution in [3.8, 4) is 11.1 Å². The van der Waals surface area contributed by atoms with E-state index < -0.39 is 0 Å². The number of benzene rings is 2. The van der Waals surface area contributed by atoms with Gasteiger partial charge in [0.2, 0.25) is 0 Å². The maximum atomic E-state index is 3.30. The molecule has 128 valence electrons. The van der Waals surface area contributed by atoms with Crippen LogP contribution in [-0.2, 0) is 32.3 Å². The average Bonchev–Trinajstić information content (AvgIpc) is 3.21. The number of hydrogen-bond donors (Lipinski definition) is 0. The molecule has 2 aromatic rings. The Morgan fingerprint density at radius 2 is 1.76 bits per heavy atom. The van der Waals surface area contributed by atoms with Crippen molar-refractivity contribution < 1.29 is 50.7 Å². The normalized spacial score (nSPS) is 12.3. The minimum Gasteiger partial charge on any atom is -1.00 e. The second-order valence-corrected chi connectivity index (χ2v) is 5.81. The Morgan fingerprint density at radius 3 is 2.48 bits per heavy atom. The van der Waals surface area contributed by atoms with E-state index in [9.17, 15) is 0 Å². The van der Waals surface area contributed by atoms with Crippen molar-refractivity contribution in [1.82, 2.24) is 0 Å². The molecule has 0 atom stereocenters. The number of allylic oxidation sites excluding steroid dienone is 4. The van der Waals surface area contributed by atoms with Crippen molar-refractivity contribution in [3.05, 3.63) is 83.5 Å². The van der Waals surface area contributed by atoms with E-state index in [-0.39, 0.29) is 50.7 Å². The summed E-state index contributed by atoms with van der Waals surface area (Å²) in [5, 5.41) is 0. The molecule has 0 nitrogen and oxygen atoms in total. The molecule has 0 spiro atoms. The Morgan fingerprint density at radius 1 is 1.00 bits per heavy atom. The third-order valence-corrected chi connectivity index (χ3v) is 4.18. The van der Waals surface area contributed by atoms with E-state index in [1.54, 1.807) is 0 Å². The minimum atomic E-state index is 0. The van der Waals surface area contributed by atoms with Gasteiger partial charge in [0.05, 0.1) is 0 Å². The summed E-state index contributed by atoms with van der Waals surface area (Å²) < 4.78 is 0. The van der Waals surface area contributed by atoms with E-state index in [2.05, 4.69) is 67.6 Å². The van der Waals surface area contributed by atoms with Gasteiger partial charge in [-0.05, 0) is 6.42 Å². The smallest absolute Gasteiger partial charge is 1.00 e. The van der Waals surface area contributed by atoms with Crippen LogP contribution in [0.3, 0.4) is 0 Å². The number of rotatable bonds is 3. The number of hydrogen-bond acceptors (Lipinski definition) is 0. The summed E-state index contributed by atoms with van der Waals surface area (Å²) in [6, 6.07) is 18.1. The Balaban J connectivity index is 0.000000435. The molecule has 0 bridgehead atoms. The Labute approximate surface area is 183 Å². The molecule has 0 aliphatic heterocycles. The van der Waals surface area contributed by atoms with Gasteiger partial charge in [-0.25, -0.2) is 11.6 Å². The van der Waals surface area contributed by atoms with Crippen LogP contribution in [-0.4, -0.2) is 0 Å². The zero-order valence-electron chi connectivity index (χ0n) is 14.5. The SMILES string of the molecule is CCCCC1=[C-]CC=C1.[Cl-].[Cl-].[Hf+4].[c-]1cccc2c1Cc1ccccc1-2. The first kappa shape index (κ1) is 24.4. The molecule has 0 aromatic heterocycles. The Hall–Kier alpha value is -0.630. The van der Waals surface area contributed by atoms with E-state index in [0.29, 0.717) is 0 Å². The maximum Gasteiger partial charge on any atom is 4.00 e. The van der Waals surface area contributed by atoms with Crippen molar-refractivity contribution in [2.45, 2.75) is 39.0 Å². The fourth-order valence-corrected chi connectivity index (χ4v) is 2.99. The molecular formula is C22H22Cl2Hf. The second kappa shape index (κ2) is 12.7. The molecule has 4 rings (SSSR count). The van der Waals surface area contributed by atoms with Gasteiger partial charge in [-0.2, -0.15) is 35.9 Å². The molecule has 0 amide bonds. The standard InChI is InChI=1S/C13H9.C9H13.2ClH.Hf/c1-3-7-12-10(5-1)9-11-6-2-4-8-13(11)12;1-2-3-6-9-7-4-5-8-9;;;/h1-5,7-8H,9H2;4,7H,2-3,5-6H2,1H3;2*1H;/q2*-1;;;+4/p-2. The molecule has 0 N–H and O–H groups in total. The molecule has 2 aliphatic rings. The van der Waals surface area contributed by atoms with E-state index in [0.717, 1.165) is 12.8 Å². The van der Waals surface area contributed by atoms with Crippen molar-refractivity contribution in [2.24, 2.45) is 0 Å². The number of unbranched alkanes of at least 4 members (excludes halogenated alkanes) is 1. The molecule has 0 fully saturated rings. The molecule has 3 heteroatoms. The molecule has 2 aromatic carbocycles. The van der Waals surface area contributed by atoms with E-state index in [1.807, 2.05) is 6.07 Å². The zero-order valence-corrected chi connectivity index (χ0v) is 19.6. The van der Waals surface area contributed by atoms with Gasteiger partial charge in [0, 0.05) is 0 Å². The summed E-state index contributed by atoms with van der Waals surface area (Å²) >= 11 is 0. The van der Waals surface area contributed by atoms with Gasteiger partial charge in [-0.15, -0.1) is 12.0 Å². The predicted molar refractivity (Wildman–Crippen MR) is 93.6 cm³/mol. The van der Waals surface area contributed by atoms with Crippen LogP contribution in [0.4, 0.5) is 0 Å². The van der Waals surface area contributed by atoms with Crippen LogP contribution >= 0.6 is 0 Å². The molecule has 0 unspecified atom stereocenters. The molecule has 0 heterocycles. The van der Waals surface area contributed by atoms with Crippen LogP contribution in [0.5, 0.6) is 0 Å². The minimum absolute atomic E-state index is 0. The summed E-state index contributed by atoms with van der Waals surface area (Å²) in [4.78, 5) is 0. The first-order valence-corrected chi connectivity index (χ1v) is 8.22. The van der Waals surface area contributed by atoms with Crippen LogP contribution in [0.1, 0.15) is 43.7 Å². The third-order valence-electron chi connectivity index (χ3n) is 4.18. The van der Waals surface area contributed by atoms with Crippen LogP contribution < -0.4 is 24.8 Å². The predicted octanol–water partition coefficient (Wildman–Crippen LogP) is -0.0704. The molecule has 0 saturated carbocycles. The quantitative estimate of drug-likeness (QED) is 0.326. The van der Waals surface area contributed by atoms with Gasteiger partial charge >= 0.3 is 25.8 Å². The van der Waals surface area contributed by atoms with Crippen LogP contribution in [0, 0.1) is 12.1 Å². The van der Waals surface area contributed by atoms with Crippen LogP contribution in [0.2, 0.25) is 0 Å². The first-order valence-electron chi connectivity index (χ1n) is 8.22. The van der Waals surface area contributed by atoms with Crippen LogP contribution in [0.15, 0.2) is 60.2 Å². The summed E-state index contributed by atoms with van der Waals surface area (Å²) in [7, 11) is 0. The van der Waals surface area contributed by atoms with Crippen molar-refractivity contribution >= 4 is 0 Å². The largest absolute Gasteiger partial charge is 4.00 e. The molecule has 0 radical (unpaired) electrons. The molecule has 2 aliphatic carbocycles. The Bertz CT molecular complexity index is 661. The van der Waals surface area contributed by atoms with Crippen molar-refractivity contribution in [1.29, 1.82) is 0 Å². The van der Waals surface area contributed by atoms with Gasteiger partial charge in [0.15, 0.2) is 0 Å². The third kappa shape index (κ3) is 6.55. The monoisotopic (exact) mass is 536 g/mol. The first-order chi connectivity index (χ1) is 10.9. The van der Waals surface area contributed by atoms with Gasteiger partial charge in [0.1, 0.15) is 0 Å². The average molecular weight is 536 g/mol. The van der Waals surface area contributed by atoms with E-state index in [4.69, 9.17) is 0 Å². The van der Waals surface area contributed by atoms with Gasteiger partial charge < -0.3 is 24.8 Å². The van der Waals surface area contributed by atoms with Gasteiger partial charge in [-0.1, -0.05) is 61.6 Å². The van der Waals surface area contributed by atoms with Crippen molar-refractivity contribution in [2.75, 3.05) is 0 Å². The van der Waals surface area contributed by atoms with E-state index >= 15 is 0 Å². The maximum absolute atomic E-state index is 3.30. The summed E-state index contributed by atoms with van der Waals surface area (Å²) in [5.74, 6) is 0. The van der Waals surface area contributed by atoms with Crippen LogP contribution in [0.25, 0.3) is 11.1 Å². The molecular weight excluding hydrogens is 514 g/mol. The summed E-state index contributed by atoms with van der Waals surface area (Å²) in [6.45, 7) is 2.22. The summed E-state index contributed by atoms with van der Waals surface area (Å²) in [5.41, 5.74) is 6.92. The topological polar surface area (TPSA) is 0 Å². The van der Waals surface area contributed by atoms with Gasteiger partial charge in [-0.3, -0.25) is 6.08 Å². The zero-order chi connectivity index (χ0) is 15.2. The molecule has 25 heavy (non-hydrogen) atoms. The number of halogens is 2. The molecule has 0 saturated heterocycles. The summed E-state index contributed by atoms with van der Waals surface area (Å²) in [6.07, 6.45) is 13.6.